The molecule has 0 aromatic rings. The first-order chi connectivity index (χ1) is 7.29. The van der Waals surface area contributed by atoms with E-state index in [2.05, 4.69) is 4.90 Å². The van der Waals surface area contributed by atoms with Gasteiger partial charge in [0.25, 0.3) is 6.47 Å². The van der Waals surface area contributed by atoms with Crippen molar-refractivity contribution in [1.82, 2.24) is 4.90 Å². The van der Waals surface area contributed by atoms with Crippen molar-refractivity contribution in [2.75, 3.05) is 6.54 Å². The molecule has 1 saturated carbocycles. The average Bonchev–Trinajstić information content (AvgIpc) is 2.72. The Morgan fingerprint density at radius 3 is 2.33 bits per heavy atom. The van der Waals surface area contributed by atoms with Gasteiger partial charge in [0.15, 0.2) is 0 Å². The fourth-order valence-electron chi connectivity index (χ4n) is 2.43. The number of carbonyl (C=O) groups is 2. The van der Waals surface area contributed by atoms with E-state index in [1.165, 1.54) is 32.1 Å². The van der Waals surface area contributed by atoms with Crippen LogP contribution in [0.15, 0.2) is 0 Å². The van der Waals surface area contributed by atoms with Gasteiger partial charge in [-0.15, -0.1) is 0 Å². The van der Waals surface area contributed by atoms with E-state index in [0.29, 0.717) is 11.9 Å². The molecule has 1 aliphatic heterocycles. The zero-order valence-electron chi connectivity index (χ0n) is 9.02. The van der Waals surface area contributed by atoms with Crippen LogP contribution in [0.25, 0.3) is 0 Å². The van der Waals surface area contributed by atoms with Crippen molar-refractivity contribution in [2.24, 2.45) is 0 Å². The maximum Gasteiger partial charge on any atom is 0.290 e. The number of piperidine rings is 1. The predicted molar refractivity (Wildman–Crippen MR) is 56.5 cm³/mol. The Hall–Kier alpha value is -1.06. The lowest BCUT2D eigenvalue weighted by Crippen LogP contribution is -2.41. The SMILES string of the molecule is O=C1CCCCN1C1CCCC1.O=CO. The fourth-order valence-corrected chi connectivity index (χ4v) is 2.43. The molecule has 1 aliphatic carbocycles. The Kier molecular flexibility index (Phi) is 5.15. The van der Waals surface area contributed by atoms with Crippen LogP contribution in [0.4, 0.5) is 0 Å². The molecule has 4 heteroatoms. The monoisotopic (exact) mass is 213 g/mol. The zero-order chi connectivity index (χ0) is 11.1. The van der Waals surface area contributed by atoms with Gasteiger partial charge in [-0.3, -0.25) is 9.59 Å². The molecule has 1 saturated heterocycles. The third-order valence-electron chi connectivity index (χ3n) is 3.13. The second kappa shape index (κ2) is 6.43. The predicted octanol–water partition coefficient (Wildman–Crippen LogP) is 1.64. The first kappa shape index (κ1) is 12.0. The standard InChI is InChI=1S/C10H17NO.CH2O2/c12-10-7-3-4-8-11(10)9-5-1-2-6-9;2-1-3/h9H,1-8H2;1H,(H,2,3). The van der Waals surface area contributed by atoms with Crippen molar-refractivity contribution in [3.05, 3.63) is 0 Å². The van der Waals surface area contributed by atoms with Crippen molar-refractivity contribution in [2.45, 2.75) is 51.0 Å². The van der Waals surface area contributed by atoms with E-state index in [0.717, 1.165) is 19.4 Å². The van der Waals surface area contributed by atoms with Crippen LogP contribution in [-0.2, 0) is 9.59 Å². The van der Waals surface area contributed by atoms with Gasteiger partial charge in [-0.1, -0.05) is 12.8 Å². The van der Waals surface area contributed by atoms with Crippen LogP contribution in [0, 0.1) is 0 Å². The fraction of sp³-hybridized carbons (Fsp3) is 0.818. The number of hydrogen-bond acceptors (Lipinski definition) is 2. The van der Waals surface area contributed by atoms with E-state index in [-0.39, 0.29) is 6.47 Å². The molecule has 1 heterocycles. The molecule has 0 spiro atoms. The van der Waals surface area contributed by atoms with Gasteiger partial charge in [0, 0.05) is 19.0 Å². The van der Waals surface area contributed by atoms with Crippen LogP contribution in [-0.4, -0.2) is 35.0 Å². The van der Waals surface area contributed by atoms with E-state index >= 15 is 0 Å². The Morgan fingerprint density at radius 1 is 1.20 bits per heavy atom. The average molecular weight is 213 g/mol. The molecule has 4 nitrogen and oxygen atoms in total. The summed E-state index contributed by atoms with van der Waals surface area (Å²) in [5.74, 6) is 0.410. The summed E-state index contributed by atoms with van der Waals surface area (Å²) < 4.78 is 0. The van der Waals surface area contributed by atoms with Crippen LogP contribution in [0.3, 0.4) is 0 Å². The number of likely N-dealkylation sites (tertiary alicyclic amines) is 1. The Labute approximate surface area is 90.3 Å². The van der Waals surface area contributed by atoms with Crippen molar-refractivity contribution in [1.29, 1.82) is 0 Å². The topological polar surface area (TPSA) is 57.6 Å². The van der Waals surface area contributed by atoms with E-state index < -0.39 is 0 Å². The molecular weight excluding hydrogens is 194 g/mol. The van der Waals surface area contributed by atoms with Crippen molar-refractivity contribution >= 4 is 12.4 Å². The van der Waals surface area contributed by atoms with Gasteiger partial charge in [-0.2, -0.15) is 0 Å². The first-order valence-electron chi connectivity index (χ1n) is 5.67. The first-order valence-corrected chi connectivity index (χ1v) is 5.67. The quantitative estimate of drug-likeness (QED) is 0.674. The van der Waals surface area contributed by atoms with Gasteiger partial charge in [0.1, 0.15) is 0 Å². The molecule has 1 amide bonds. The summed E-state index contributed by atoms with van der Waals surface area (Å²) in [6.45, 7) is 0.781. The molecule has 0 radical (unpaired) electrons. The molecular formula is C11H19NO3. The summed E-state index contributed by atoms with van der Waals surface area (Å²) in [7, 11) is 0. The molecule has 0 bridgehead atoms. The summed E-state index contributed by atoms with van der Waals surface area (Å²) in [5.41, 5.74) is 0. The maximum atomic E-state index is 11.5. The molecule has 2 aliphatic rings. The minimum atomic E-state index is -0.250. The summed E-state index contributed by atoms with van der Waals surface area (Å²) >= 11 is 0. The van der Waals surface area contributed by atoms with Crippen LogP contribution in [0.2, 0.25) is 0 Å². The summed E-state index contributed by atoms with van der Waals surface area (Å²) in [5, 5.41) is 6.89. The Bertz CT molecular complexity index is 212. The highest BCUT2D eigenvalue weighted by molar-refractivity contribution is 5.77. The van der Waals surface area contributed by atoms with E-state index in [9.17, 15) is 4.79 Å². The van der Waals surface area contributed by atoms with Crippen LogP contribution in [0.5, 0.6) is 0 Å². The minimum Gasteiger partial charge on any atom is -0.483 e. The number of carboxylic acid groups (broad SMARTS) is 1. The van der Waals surface area contributed by atoms with Gasteiger partial charge in [-0.05, 0) is 25.7 Å². The zero-order valence-corrected chi connectivity index (χ0v) is 9.02. The van der Waals surface area contributed by atoms with Crippen molar-refractivity contribution < 1.29 is 14.7 Å². The molecule has 1 N–H and O–H groups in total. The third-order valence-corrected chi connectivity index (χ3v) is 3.13. The van der Waals surface area contributed by atoms with E-state index in [4.69, 9.17) is 9.90 Å². The van der Waals surface area contributed by atoms with Crippen LogP contribution < -0.4 is 0 Å². The molecule has 0 aromatic heterocycles. The van der Waals surface area contributed by atoms with Gasteiger partial charge in [0.05, 0.1) is 0 Å². The Morgan fingerprint density at radius 2 is 1.80 bits per heavy atom. The second-order valence-corrected chi connectivity index (χ2v) is 4.09. The normalized spacial score (nSPS) is 22.1. The number of hydrogen-bond donors (Lipinski definition) is 1. The number of rotatable bonds is 1. The lowest BCUT2D eigenvalue weighted by molar-refractivity contribution is -0.135. The summed E-state index contributed by atoms with van der Waals surface area (Å²) in [6.07, 6.45) is 8.31. The number of nitrogens with zero attached hydrogens (tertiary/aromatic N) is 1. The molecule has 2 fully saturated rings. The minimum absolute atomic E-state index is 0.250. The van der Waals surface area contributed by atoms with Gasteiger partial charge >= 0.3 is 0 Å². The highest BCUT2D eigenvalue weighted by atomic mass is 16.3. The highest BCUT2D eigenvalue weighted by Crippen LogP contribution is 2.26. The molecule has 15 heavy (non-hydrogen) atoms. The van der Waals surface area contributed by atoms with Crippen LogP contribution >= 0.6 is 0 Å². The second-order valence-electron chi connectivity index (χ2n) is 4.09. The summed E-state index contributed by atoms with van der Waals surface area (Å²) in [6, 6.07) is 0.609. The largest absolute Gasteiger partial charge is 0.483 e. The lowest BCUT2D eigenvalue weighted by atomic mass is 10.1. The van der Waals surface area contributed by atoms with E-state index in [1.54, 1.807) is 0 Å². The van der Waals surface area contributed by atoms with Crippen LogP contribution in [0.1, 0.15) is 44.9 Å². The Balaban J connectivity index is 0.000000337. The molecule has 0 atom stereocenters. The van der Waals surface area contributed by atoms with Crippen molar-refractivity contribution in [3.63, 3.8) is 0 Å². The van der Waals surface area contributed by atoms with E-state index in [1.807, 2.05) is 0 Å². The van der Waals surface area contributed by atoms with Gasteiger partial charge in [-0.25, -0.2) is 0 Å². The molecule has 0 unspecified atom stereocenters. The lowest BCUT2D eigenvalue weighted by Gasteiger charge is -2.32. The van der Waals surface area contributed by atoms with Gasteiger partial charge in [0.2, 0.25) is 5.91 Å². The highest BCUT2D eigenvalue weighted by Gasteiger charge is 2.27. The third kappa shape index (κ3) is 3.53. The molecule has 0 aromatic carbocycles. The molecule has 86 valence electrons. The smallest absolute Gasteiger partial charge is 0.290 e. The summed E-state index contributed by atoms with van der Waals surface area (Å²) in [4.78, 5) is 22.0. The van der Waals surface area contributed by atoms with Gasteiger partial charge < -0.3 is 10.0 Å². The number of amides is 1. The van der Waals surface area contributed by atoms with Crippen molar-refractivity contribution in [3.8, 4) is 0 Å². The molecule has 2 rings (SSSR count). The number of carbonyl (C=O) groups excluding carboxylic acids is 1. The maximum absolute atomic E-state index is 11.5.